The SMILES string of the molecule is CNC(c1cc(C)ccc1C)C(C)CN. The summed E-state index contributed by atoms with van der Waals surface area (Å²) >= 11 is 0. The van der Waals surface area contributed by atoms with Crippen LogP contribution in [0.1, 0.15) is 29.7 Å². The molecule has 0 saturated heterocycles. The summed E-state index contributed by atoms with van der Waals surface area (Å²) < 4.78 is 0. The van der Waals surface area contributed by atoms with E-state index in [-0.39, 0.29) is 0 Å². The van der Waals surface area contributed by atoms with E-state index in [1.54, 1.807) is 0 Å². The van der Waals surface area contributed by atoms with Crippen LogP contribution < -0.4 is 11.1 Å². The van der Waals surface area contributed by atoms with Gasteiger partial charge in [-0.3, -0.25) is 0 Å². The Kier molecular flexibility index (Phi) is 4.30. The van der Waals surface area contributed by atoms with E-state index in [4.69, 9.17) is 5.73 Å². The van der Waals surface area contributed by atoms with Crippen LogP contribution in [0, 0.1) is 19.8 Å². The molecule has 0 fully saturated rings. The van der Waals surface area contributed by atoms with Crippen molar-refractivity contribution in [2.24, 2.45) is 11.7 Å². The lowest BCUT2D eigenvalue weighted by Crippen LogP contribution is -2.29. The molecule has 0 aliphatic heterocycles. The fourth-order valence-corrected chi connectivity index (χ4v) is 1.98. The Morgan fingerprint density at radius 2 is 2.00 bits per heavy atom. The summed E-state index contributed by atoms with van der Waals surface area (Å²) in [6.45, 7) is 7.17. The predicted octanol–water partition coefficient (Wildman–Crippen LogP) is 2.16. The molecule has 0 aliphatic rings. The van der Waals surface area contributed by atoms with Crippen LogP contribution in [0.25, 0.3) is 0 Å². The number of benzene rings is 1. The van der Waals surface area contributed by atoms with E-state index in [1.807, 2.05) is 7.05 Å². The maximum Gasteiger partial charge on any atom is 0.0358 e. The van der Waals surface area contributed by atoms with Gasteiger partial charge in [0.2, 0.25) is 0 Å². The molecule has 2 unspecified atom stereocenters. The van der Waals surface area contributed by atoms with Crippen LogP contribution in [0.4, 0.5) is 0 Å². The lowest BCUT2D eigenvalue weighted by atomic mass is 9.90. The number of hydrogen-bond donors (Lipinski definition) is 2. The molecule has 15 heavy (non-hydrogen) atoms. The monoisotopic (exact) mass is 206 g/mol. The Morgan fingerprint density at radius 3 is 2.53 bits per heavy atom. The predicted molar refractivity (Wildman–Crippen MR) is 65.9 cm³/mol. The summed E-state index contributed by atoms with van der Waals surface area (Å²) in [4.78, 5) is 0. The van der Waals surface area contributed by atoms with Gasteiger partial charge in [0.1, 0.15) is 0 Å². The van der Waals surface area contributed by atoms with Crippen molar-refractivity contribution < 1.29 is 0 Å². The minimum atomic E-state index is 0.356. The standard InChI is InChI=1S/C13H22N2/c1-9-5-6-10(2)12(7-9)13(15-4)11(3)8-14/h5-7,11,13,15H,8,14H2,1-4H3. The first-order chi connectivity index (χ1) is 7.10. The summed E-state index contributed by atoms with van der Waals surface area (Å²) in [7, 11) is 2.00. The van der Waals surface area contributed by atoms with Gasteiger partial charge in [-0.05, 0) is 44.5 Å². The summed E-state index contributed by atoms with van der Waals surface area (Å²) in [5.74, 6) is 0.454. The third-order valence-corrected chi connectivity index (χ3v) is 3.02. The van der Waals surface area contributed by atoms with Crippen molar-refractivity contribution in [3.63, 3.8) is 0 Å². The molecule has 2 heteroatoms. The lowest BCUT2D eigenvalue weighted by Gasteiger charge is -2.24. The van der Waals surface area contributed by atoms with Gasteiger partial charge in [0.05, 0.1) is 0 Å². The third kappa shape index (κ3) is 2.80. The quantitative estimate of drug-likeness (QED) is 0.792. The molecule has 0 heterocycles. The molecule has 3 N–H and O–H groups in total. The van der Waals surface area contributed by atoms with E-state index >= 15 is 0 Å². The zero-order valence-corrected chi connectivity index (χ0v) is 10.2. The zero-order valence-electron chi connectivity index (χ0n) is 10.2. The molecule has 1 rings (SSSR count). The molecule has 0 aliphatic carbocycles. The smallest absolute Gasteiger partial charge is 0.0358 e. The molecule has 0 bridgehead atoms. The zero-order chi connectivity index (χ0) is 11.4. The molecule has 0 saturated carbocycles. The highest BCUT2D eigenvalue weighted by Gasteiger charge is 2.17. The van der Waals surface area contributed by atoms with Crippen LogP contribution in [0.3, 0.4) is 0 Å². The van der Waals surface area contributed by atoms with Crippen molar-refractivity contribution in [1.82, 2.24) is 5.32 Å². The number of nitrogens with two attached hydrogens (primary N) is 1. The second kappa shape index (κ2) is 5.29. The number of rotatable bonds is 4. The maximum absolute atomic E-state index is 5.73. The summed E-state index contributed by atoms with van der Waals surface area (Å²) in [6.07, 6.45) is 0. The molecule has 0 radical (unpaired) electrons. The fourth-order valence-electron chi connectivity index (χ4n) is 1.98. The molecular formula is C13H22N2. The average Bonchev–Trinajstić information content (AvgIpc) is 2.23. The second-order valence-electron chi connectivity index (χ2n) is 4.34. The van der Waals surface area contributed by atoms with Crippen LogP contribution in [0.5, 0.6) is 0 Å². The molecular weight excluding hydrogens is 184 g/mol. The summed E-state index contributed by atoms with van der Waals surface area (Å²) in [6, 6.07) is 6.94. The van der Waals surface area contributed by atoms with Crippen LogP contribution in [-0.4, -0.2) is 13.6 Å². The van der Waals surface area contributed by atoms with E-state index in [2.05, 4.69) is 44.3 Å². The molecule has 0 spiro atoms. The van der Waals surface area contributed by atoms with E-state index in [0.717, 1.165) is 0 Å². The van der Waals surface area contributed by atoms with Gasteiger partial charge in [-0.25, -0.2) is 0 Å². The highest BCUT2D eigenvalue weighted by atomic mass is 14.9. The van der Waals surface area contributed by atoms with Crippen molar-refractivity contribution in [2.75, 3.05) is 13.6 Å². The summed E-state index contributed by atoms with van der Waals surface area (Å²) in [5, 5.41) is 3.36. The number of nitrogens with one attached hydrogen (secondary N) is 1. The van der Waals surface area contributed by atoms with E-state index in [0.29, 0.717) is 18.5 Å². The highest BCUT2D eigenvalue weighted by molar-refractivity contribution is 5.33. The van der Waals surface area contributed by atoms with Crippen molar-refractivity contribution in [2.45, 2.75) is 26.8 Å². The van der Waals surface area contributed by atoms with Gasteiger partial charge in [-0.15, -0.1) is 0 Å². The Balaban J connectivity index is 3.05. The van der Waals surface area contributed by atoms with E-state index in [1.165, 1.54) is 16.7 Å². The molecule has 0 aromatic heterocycles. The van der Waals surface area contributed by atoms with Gasteiger partial charge >= 0.3 is 0 Å². The molecule has 2 atom stereocenters. The van der Waals surface area contributed by atoms with E-state index < -0.39 is 0 Å². The van der Waals surface area contributed by atoms with Crippen molar-refractivity contribution >= 4 is 0 Å². The third-order valence-electron chi connectivity index (χ3n) is 3.02. The minimum Gasteiger partial charge on any atom is -0.330 e. The van der Waals surface area contributed by atoms with Gasteiger partial charge in [-0.1, -0.05) is 30.7 Å². The maximum atomic E-state index is 5.73. The number of hydrogen-bond acceptors (Lipinski definition) is 2. The summed E-state index contributed by atoms with van der Waals surface area (Å²) in [5.41, 5.74) is 9.74. The Labute approximate surface area is 92.9 Å². The molecule has 1 aromatic rings. The van der Waals surface area contributed by atoms with Crippen LogP contribution >= 0.6 is 0 Å². The average molecular weight is 206 g/mol. The second-order valence-corrected chi connectivity index (χ2v) is 4.34. The van der Waals surface area contributed by atoms with Gasteiger partial charge in [0.15, 0.2) is 0 Å². The first-order valence-electron chi connectivity index (χ1n) is 5.54. The van der Waals surface area contributed by atoms with E-state index in [9.17, 15) is 0 Å². The minimum absolute atomic E-state index is 0.356. The fraction of sp³-hybridized carbons (Fsp3) is 0.538. The van der Waals surface area contributed by atoms with Gasteiger partial charge < -0.3 is 11.1 Å². The first kappa shape index (κ1) is 12.2. The molecule has 0 amide bonds. The highest BCUT2D eigenvalue weighted by Crippen LogP contribution is 2.24. The van der Waals surface area contributed by atoms with Crippen LogP contribution in [-0.2, 0) is 0 Å². The van der Waals surface area contributed by atoms with Gasteiger partial charge in [-0.2, -0.15) is 0 Å². The molecule has 1 aromatic carbocycles. The lowest BCUT2D eigenvalue weighted by molar-refractivity contribution is 0.418. The first-order valence-corrected chi connectivity index (χ1v) is 5.54. The number of aryl methyl sites for hydroxylation is 2. The van der Waals surface area contributed by atoms with Gasteiger partial charge in [0, 0.05) is 6.04 Å². The Morgan fingerprint density at radius 1 is 1.33 bits per heavy atom. The van der Waals surface area contributed by atoms with Crippen LogP contribution in [0.15, 0.2) is 18.2 Å². The Hall–Kier alpha value is -0.860. The molecule has 2 nitrogen and oxygen atoms in total. The largest absolute Gasteiger partial charge is 0.330 e. The van der Waals surface area contributed by atoms with Crippen molar-refractivity contribution in [3.05, 3.63) is 34.9 Å². The van der Waals surface area contributed by atoms with Gasteiger partial charge in [0.25, 0.3) is 0 Å². The topological polar surface area (TPSA) is 38.0 Å². The molecule has 84 valence electrons. The van der Waals surface area contributed by atoms with Crippen molar-refractivity contribution in [3.8, 4) is 0 Å². The van der Waals surface area contributed by atoms with Crippen molar-refractivity contribution in [1.29, 1.82) is 0 Å². The van der Waals surface area contributed by atoms with Crippen LogP contribution in [0.2, 0.25) is 0 Å². The Bertz CT molecular complexity index is 320. The normalized spacial score (nSPS) is 15.0.